The number of ether oxygens (including phenoxy) is 2. The maximum Gasteiger partial charge on any atom is 0.410 e. The molecule has 1 aromatic rings. The molecule has 166 valence electrons. The number of carbonyl (C=O) groups is 2. The number of anilines is 1. The first-order valence-electron chi connectivity index (χ1n) is 10.7. The largest absolute Gasteiger partial charge is 0.504 e. The third-order valence-electron chi connectivity index (χ3n) is 6.08. The maximum absolute atomic E-state index is 12.5. The van der Waals surface area contributed by atoms with E-state index in [1.165, 1.54) is 13.2 Å². The van der Waals surface area contributed by atoms with Crippen molar-refractivity contribution < 1.29 is 24.2 Å². The number of amides is 3. The number of rotatable bonds is 4. The van der Waals surface area contributed by atoms with Crippen LogP contribution in [0.25, 0.3) is 0 Å². The highest BCUT2D eigenvalue weighted by molar-refractivity contribution is 5.89. The molecule has 1 aliphatic carbocycles. The number of methoxy groups -OCH3 is 1. The van der Waals surface area contributed by atoms with Crippen molar-refractivity contribution in [3.05, 3.63) is 18.2 Å². The van der Waals surface area contributed by atoms with Crippen LogP contribution >= 0.6 is 0 Å². The Morgan fingerprint density at radius 1 is 1.13 bits per heavy atom. The molecule has 1 aromatic carbocycles. The first kappa shape index (κ1) is 22.1. The van der Waals surface area contributed by atoms with E-state index in [9.17, 15) is 14.7 Å². The normalized spacial score (nSPS) is 19.8. The van der Waals surface area contributed by atoms with Crippen LogP contribution in [0.3, 0.4) is 0 Å². The highest BCUT2D eigenvalue weighted by Crippen LogP contribution is 2.36. The van der Waals surface area contributed by atoms with Crippen molar-refractivity contribution in [2.45, 2.75) is 64.5 Å². The summed E-state index contributed by atoms with van der Waals surface area (Å²) in [4.78, 5) is 26.5. The molecule has 8 heteroatoms. The second-order valence-electron chi connectivity index (χ2n) is 8.99. The van der Waals surface area contributed by atoms with Gasteiger partial charge in [-0.1, -0.05) is 13.8 Å². The number of urea groups is 1. The van der Waals surface area contributed by atoms with Gasteiger partial charge in [0.05, 0.1) is 7.11 Å². The van der Waals surface area contributed by atoms with E-state index < -0.39 is 0 Å². The van der Waals surface area contributed by atoms with Crippen LogP contribution in [0.1, 0.15) is 52.4 Å². The minimum atomic E-state index is -0.325. The summed E-state index contributed by atoms with van der Waals surface area (Å²) < 4.78 is 10.8. The summed E-state index contributed by atoms with van der Waals surface area (Å²) in [7, 11) is 1.45. The van der Waals surface area contributed by atoms with Crippen LogP contribution in [-0.2, 0) is 4.74 Å². The van der Waals surface area contributed by atoms with E-state index in [4.69, 9.17) is 9.47 Å². The predicted octanol–water partition coefficient (Wildman–Crippen LogP) is 4.09. The monoisotopic (exact) mass is 419 g/mol. The number of benzene rings is 1. The lowest BCUT2D eigenvalue weighted by molar-refractivity contribution is 0.0218. The molecule has 0 radical (unpaired) electrons. The number of likely N-dealkylation sites (tertiary alicyclic amines) is 1. The van der Waals surface area contributed by atoms with E-state index in [0.29, 0.717) is 42.8 Å². The van der Waals surface area contributed by atoms with Crippen LogP contribution in [0.5, 0.6) is 11.5 Å². The number of piperidine rings is 1. The van der Waals surface area contributed by atoms with Crippen molar-refractivity contribution in [2.24, 2.45) is 5.41 Å². The Labute approximate surface area is 177 Å². The zero-order valence-corrected chi connectivity index (χ0v) is 18.1. The Morgan fingerprint density at radius 3 is 2.43 bits per heavy atom. The fourth-order valence-electron chi connectivity index (χ4n) is 4.02. The molecular weight excluding hydrogens is 386 g/mol. The fourth-order valence-corrected chi connectivity index (χ4v) is 4.02. The van der Waals surface area contributed by atoms with Crippen molar-refractivity contribution in [3.63, 3.8) is 0 Å². The summed E-state index contributed by atoms with van der Waals surface area (Å²) in [6.45, 7) is 5.65. The van der Waals surface area contributed by atoms with Crippen LogP contribution in [0.15, 0.2) is 18.2 Å². The van der Waals surface area contributed by atoms with Gasteiger partial charge < -0.3 is 30.1 Å². The highest BCUT2D eigenvalue weighted by Gasteiger charge is 2.31. The van der Waals surface area contributed by atoms with Gasteiger partial charge in [0.1, 0.15) is 6.10 Å². The quantitative estimate of drug-likeness (QED) is 0.638. The molecule has 3 amide bonds. The van der Waals surface area contributed by atoms with Crippen molar-refractivity contribution >= 4 is 17.8 Å². The molecule has 2 aliphatic rings. The SMILES string of the molecule is COc1cc(NC(=O)NC2CCN(C(=O)OC3CCC(C)(C)CC3)CC2)ccc1O. The maximum atomic E-state index is 12.5. The smallest absolute Gasteiger partial charge is 0.410 e. The van der Waals surface area contributed by atoms with Crippen molar-refractivity contribution in [1.82, 2.24) is 10.2 Å². The predicted molar refractivity (Wildman–Crippen MR) is 114 cm³/mol. The summed E-state index contributed by atoms with van der Waals surface area (Å²) in [5, 5.41) is 15.3. The Kier molecular flexibility index (Phi) is 6.95. The minimum Gasteiger partial charge on any atom is -0.504 e. The summed E-state index contributed by atoms with van der Waals surface area (Å²) in [5.74, 6) is 0.306. The number of nitrogens with zero attached hydrogens (tertiary/aromatic N) is 1. The number of carbonyl (C=O) groups excluding carboxylic acids is 2. The van der Waals surface area contributed by atoms with E-state index >= 15 is 0 Å². The summed E-state index contributed by atoms with van der Waals surface area (Å²) in [5.41, 5.74) is 0.873. The number of nitrogens with one attached hydrogen (secondary N) is 2. The fraction of sp³-hybridized carbons (Fsp3) is 0.636. The number of phenolic OH excluding ortho intramolecular Hbond substituents is 1. The highest BCUT2D eigenvalue weighted by atomic mass is 16.6. The summed E-state index contributed by atoms with van der Waals surface area (Å²) >= 11 is 0. The number of hydrogen-bond acceptors (Lipinski definition) is 5. The molecule has 0 bridgehead atoms. The molecule has 1 saturated carbocycles. The van der Waals surface area contributed by atoms with Gasteiger partial charge in [-0.2, -0.15) is 0 Å². The van der Waals surface area contributed by atoms with Gasteiger partial charge >= 0.3 is 12.1 Å². The molecule has 1 aliphatic heterocycles. The van der Waals surface area contributed by atoms with Crippen LogP contribution in [0, 0.1) is 5.41 Å². The number of phenols is 1. The molecule has 1 heterocycles. The zero-order chi connectivity index (χ0) is 21.7. The van der Waals surface area contributed by atoms with Gasteiger partial charge in [0.25, 0.3) is 0 Å². The first-order chi connectivity index (χ1) is 14.3. The second kappa shape index (κ2) is 9.45. The van der Waals surface area contributed by atoms with Gasteiger partial charge in [0, 0.05) is 30.9 Å². The lowest BCUT2D eigenvalue weighted by Gasteiger charge is -2.36. The molecule has 8 nitrogen and oxygen atoms in total. The van der Waals surface area contributed by atoms with Crippen LogP contribution in [0.2, 0.25) is 0 Å². The van der Waals surface area contributed by atoms with Crippen LogP contribution < -0.4 is 15.4 Å². The third-order valence-corrected chi connectivity index (χ3v) is 6.08. The van der Waals surface area contributed by atoms with Gasteiger partial charge in [0.15, 0.2) is 11.5 Å². The summed E-state index contributed by atoms with van der Waals surface area (Å²) in [6.07, 6.45) is 5.17. The Bertz CT molecular complexity index is 749. The van der Waals surface area contributed by atoms with E-state index in [-0.39, 0.29) is 30.0 Å². The topological polar surface area (TPSA) is 100 Å². The van der Waals surface area contributed by atoms with Crippen molar-refractivity contribution in [1.29, 1.82) is 0 Å². The Hall–Kier alpha value is -2.64. The van der Waals surface area contributed by atoms with Crippen molar-refractivity contribution in [2.75, 3.05) is 25.5 Å². The van der Waals surface area contributed by atoms with Crippen LogP contribution in [0.4, 0.5) is 15.3 Å². The Balaban J connectivity index is 1.40. The minimum absolute atomic E-state index is 0.0106. The second-order valence-corrected chi connectivity index (χ2v) is 8.99. The van der Waals surface area contributed by atoms with Crippen molar-refractivity contribution in [3.8, 4) is 11.5 Å². The van der Waals surface area contributed by atoms with Gasteiger partial charge in [-0.25, -0.2) is 9.59 Å². The van der Waals surface area contributed by atoms with Gasteiger partial charge in [-0.15, -0.1) is 0 Å². The van der Waals surface area contributed by atoms with Gasteiger partial charge in [-0.05, 0) is 56.1 Å². The van der Waals surface area contributed by atoms with Gasteiger partial charge in [0.2, 0.25) is 0 Å². The lowest BCUT2D eigenvalue weighted by atomic mass is 9.76. The average molecular weight is 420 g/mol. The average Bonchev–Trinajstić information content (AvgIpc) is 2.71. The van der Waals surface area contributed by atoms with E-state index in [0.717, 1.165) is 25.7 Å². The molecule has 3 N–H and O–H groups in total. The summed E-state index contributed by atoms with van der Waals surface area (Å²) in [6, 6.07) is 4.28. The molecule has 30 heavy (non-hydrogen) atoms. The standard InChI is InChI=1S/C22H33N3O5/c1-22(2)10-6-17(7-11-22)30-21(28)25-12-8-15(9-13-25)23-20(27)24-16-4-5-18(26)19(14-16)29-3/h4-5,14-15,17,26H,6-13H2,1-3H3,(H2,23,24,27). The molecule has 1 saturated heterocycles. The number of aromatic hydroxyl groups is 1. The van der Waals surface area contributed by atoms with Gasteiger partial charge in [-0.3, -0.25) is 0 Å². The molecule has 2 fully saturated rings. The molecule has 0 aromatic heterocycles. The Morgan fingerprint density at radius 2 is 1.80 bits per heavy atom. The van der Waals surface area contributed by atoms with E-state index in [2.05, 4.69) is 24.5 Å². The number of hydrogen-bond donors (Lipinski definition) is 3. The first-order valence-corrected chi connectivity index (χ1v) is 10.7. The zero-order valence-electron chi connectivity index (χ0n) is 18.1. The van der Waals surface area contributed by atoms with Crippen LogP contribution in [-0.4, -0.2) is 54.5 Å². The molecular formula is C22H33N3O5. The molecule has 3 rings (SSSR count). The molecule has 0 atom stereocenters. The molecule has 0 unspecified atom stereocenters. The van der Waals surface area contributed by atoms with E-state index in [1.807, 2.05) is 0 Å². The lowest BCUT2D eigenvalue weighted by Crippen LogP contribution is -2.48. The van der Waals surface area contributed by atoms with E-state index in [1.54, 1.807) is 17.0 Å². The third kappa shape index (κ3) is 5.93. The molecule has 0 spiro atoms.